The maximum absolute atomic E-state index is 13.9. The third-order valence-electron chi connectivity index (χ3n) is 2.63. The van der Waals surface area contributed by atoms with Crippen LogP contribution in [0.2, 0.25) is 0 Å². The van der Waals surface area contributed by atoms with Crippen LogP contribution in [0.15, 0.2) is 27.6 Å². The van der Waals surface area contributed by atoms with Gasteiger partial charge < -0.3 is 4.74 Å². The van der Waals surface area contributed by atoms with Crippen molar-refractivity contribution in [3.63, 3.8) is 0 Å². The number of sulfonamides is 1. The molecule has 0 saturated carbocycles. The van der Waals surface area contributed by atoms with Gasteiger partial charge in [0.05, 0.1) is 6.61 Å². The molecule has 0 amide bonds. The molecule has 0 aromatic heterocycles. The zero-order valence-corrected chi connectivity index (χ0v) is 14.2. The molecule has 0 radical (unpaired) electrons. The molecule has 0 N–H and O–H groups in total. The second kappa shape index (κ2) is 7.49. The van der Waals surface area contributed by atoms with Crippen molar-refractivity contribution >= 4 is 26.0 Å². The lowest BCUT2D eigenvalue weighted by Crippen LogP contribution is -2.37. The second-order valence-corrected chi connectivity index (χ2v) is 7.65. The predicted molar refractivity (Wildman–Crippen MR) is 79.6 cm³/mol. The lowest BCUT2D eigenvalue weighted by atomic mass is 10.2. The molecule has 0 unspecified atom stereocenters. The zero-order chi connectivity index (χ0) is 15.3. The predicted octanol–water partition coefficient (Wildman–Crippen LogP) is 2.88. The van der Waals surface area contributed by atoms with Gasteiger partial charge in [0.2, 0.25) is 10.0 Å². The summed E-state index contributed by atoms with van der Waals surface area (Å²) < 4.78 is 45.6. The first-order valence-electron chi connectivity index (χ1n) is 6.23. The van der Waals surface area contributed by atoms with Crippen molar-refractivity contribution in [3.8, 4) is 0 Å². The summed E-state index contributed by atoms with van der Waals surface area (Å²) in [4.78, 5) is -0.308. The van der Waals surface area contributed by atoms with Crippen molar-refractivity contribution in [1.29, 1.82) is 0 Å². The molecular weight excluding hydrogens is 349 g/mol. The standard InChI is InChI=1S/C13H19BrFNO3S/c1-10(2)9-16(6-7-19-3)20(17,18)13-5-4-11(14)8-12(13)15/h4-5,8,10H,6-7,9H2,1-3H3. The van der Waals surface area contributed by atoms with Crippen molar-refractivity contribution in [2.75, 3.05) is 26.8 Å². The maximum atomic E-state index is 13.9. The molecule has 114 valence electrons. The summed E-state index contributed by atoms with van der Waals surface area (Å²) in [6.07, 6.45) is 0. The molecule has 20 heavy (non-hydrogen) atoms. The summed E-state index contributed by atoms with van der Waals surface area (Å²) in [5.74, 6) is -0.620. The Morgan fingerprint density at radius 2 is 2.05 bits per heavy atom. The fraction of sp³-hybridized carbons (Fsp3) is 0.538. The van der Waals surface area contributed by atoms with Gasteiger partial charge in [0.15, 0.2) is 0 Å². The average molecular weight is 368 g/mol. The van der Waals surface area contributed by atoms with Crippen LogP contribution in [0.25, 0.3) is 0 Å². The normalized spacial score (nSPS) is 12.3. The number of ether oxygens (including phenoxy) is 1. The van der Waals surface area contributed by atoms with E-state index in [1.807, 2.05) is 13.8 Å². The summed E-state index contributed by atoms with van der Waals surface area (Å²) >= 11 is 3.11. The van der Waals surface area contributed by atoms with Gasteiger partial charge in [-0.1, -0.05) is 29.8 Å². The van der Waals surface area contributed by atoms with Crippen LogP contribution in [0, 0.1) is 11.7 Å². The van der Waals surface area contributed by atoms with Crippen LogP contribution < -0.4 is 0 Å². The summed E-state index contributed by atoms with van der Waals surface area (Å²) in [5, 5.41) is 0. The van der Waals surface area contributed by atoms with Gasteiger partial charge >= 0.3 is 0 Å². The van der Waals surface area contributed by atoms with E-state index >= 15 is 0 Å². The van der Waals surface area contributed by atoms with Crippen molar-refractivity contribution in [2.24, 2.45) is 5.92 Å². The number of methoxy groups -OCH3 is 1. The monoisotopic (exact) mass is 367 g/mol. The zero-order valence-electron chi connectivity index (χ0n) is 11.8. The highest BCUT2D eigenvalue weighted by Gasteiger charge is 2.27. The fourth-order valence-corrected chi connectivity index (χ4v) is 3.70. The molecule has 1 aromatic rings. The highest BCUT2D eigenvalue weighted by atomic mass is 79.9. The number of hydrogen-bond acceptors (Lipinski definition) is 3. The number of halogens is 2. The number of hydrogen-bond donors (Lipinski definition) is 0. The van der Waals surface area contributed by atoms with Gasteiger partial charge in [-0.25, -0.2) is 12.8 Å². The molecule has 0 saturated heterocycles. The lowest BCUT2D eigenvalue weighted by molar-refractivity contribution is 0.175. The molecule has 0 aliphatic rings. The van der Waals surface area contributed by atoms with E-state index in [9.17, 15) is 12.8 Å². The van der Waals surface area contributed by atoms with Crippen LogP contribution in [0.1, 0.15) is 13.8 Å². The average Bonchev–Trinajstić information content (AvgIpc) is 2.33. The first kappa shape index (κ1) is 17.6. The van der Waals surface area contributed by atoms with Crippen LogP contribution in [-0.2, 0) is 14.8 Å². The number of nitrogens with zero attached hydrogens (tertiary/aromatic N) is 1. The Morgan fingerprint density at radius 1 is 1.40 bits per heavy atom. The summed E-state index contributed by atoms with van der Waals surface area (Å²) in [5.41, 5.74) is 0. The molecule has 0 fully saturated rings. The maximum Gasteiger partial charge on any atom is 0.246 e. The fourth-order valence-electron chi connectivity index (χ4n) is 1.73. The van der Waals surface area contributed by atoms with Crippen LogP contribution >= 0.6 is 15.9 Å². The Bertz CT molecular complexity index is 549. The topological polar surface area (TPSA) is 46.6 Å². The molecular formula is C13H19BrFNO3S. The first-order valence-corrected chi connectivity index (χ1v) is 8.46. The highest BCUT2D eigenvalue weighted by Crippen LogP contribution is 2.23. The molecule has 4 nitrogen and oxygen atoms in total. The first-order chi connectivity index (χ1) is 9.28. The summed E-state index contributed by atoms with van der Waals surface area (Å²) in [7, 11) is -2.36. The minimum atomic E-state index is -3.86. The third-order valence-corrected chi connectivity index (χ3v) is 5.02. The van der Waals surface area contributed by atoms with E-state index < -0.39 is 15.8 Å². The van der Waals surface area contributed by atoms with Gasteiger partial charge in [-0.05, 0) is 24.1 Å². The van der Waals surface area contributed by atoms with Gasteiger partial charge in [-0.2, -0.15) is 4.31 Å². The van der Waals surface area contributed by atoms with E-state index in [1.165, 1.54) is 23.5 Å². The molecule has 0 aliphatic heterocycles. The number of rotatable bonds is 7. The third kappa shape index (κ3) is 4.51. The largest absolute Gasteiger partial charge is 0.383 e. The van der Waals surface area contributed by atoms with Crippen molar-refractivity contribution in [3.05, 3.63) is 28.5 Å². The Hall–Kier alpha value is -0.500. The van der Waals surface area contributed by atoms with Crippen molar-refractivity contribution in [2.45, 2.75) is 18.7 Å². The lowest BCUT2D eigenvalue weighted by Gasteiger charge is -2.23. The Morgan fingerprint density at radius 3 is 2.55 bits per heavy atom. The highest BCUT2D eigenvalue weighted by molar-refractivity contribution is 9.10. The SMILES string of the molecule is COCCN(CC(C)C)S(=O)(=O)c1ccc(Br)cc1F. The molecule has 0 spiro atoms. The Kier molecular flexibility index (Phi) is 6.57. The molecule has 0 bridgehead atoms. The van der Waals surface area contributed by atoms with Crippen molar-refractivity contribution in [1.82, 2.24) is 4.31 Å². The summed E-state index contributed by atoms with van der Waals surface area (Å²) in [6, 6.07) is 3.94. The van der Waals surface area contributed by atoms with Gasteiger partial charge in [0.1, 0.15) is 10.7 Å². The van der Waals surface area contributed by atoms with Crippen LogP contribution in [-0.4, -0.2) is 39.5 Å². The van der Waals surface area contributed by atoms with E-state index in [4.69, 9.17) is 4.74 Å². The Labute approximate surface area is 128 Å². The van der Waals surface area contributed by atoms with E-state index in [-0.39, 0.29) is 24.0 Å². The molecule has 0 aliphatic carbocycles. The smallest absolute Gasteiger partial charge is 0.246 e. The van der Waals surface area contributed by atoms with E-state index in [2.05, 4.69) is 15.9 Å². The van der Waals surface area contributed by atoms with Crippen molar-refractivity contribution < 1.29 is 17.5 Å². The number of benzene rings is 1. The van der Waals surface area contributed by atoms with Crippen LogP contribution in [0.5, 0.6) is 0 Å². The van der Waals surface area contributed by atoms with Crippen LogP contribution in [0.3, 0.4) is 0 Å². The Balaban J connectivity index is 3.14. The molecule has 0 heterocycles. The van der Waals surface area contributed by atoms with Gasteiger partial charge in [0.25, 0.3) is 0 Å². The quantitative estimate of drug-likeness (QED) is 0.744. The van der Waals surface area contributed by atoms with E-state index in [0.717, 1.165) is 6.07 Å². The van der Waals surface area contributed by atoms with Gasteiger partial charge in [-0.15, -0.1) is 0 Å². The molecule has 1 rings (SSSR count). The van der Waals surface area contributed by atoms with E-state index in [1.54, 1.807) is 0 Å². The second-order valence-electron chi connectivity index (χ2n) is 4.82. The molecule has 0 atom stereocenters. The summed E-state index contributed by atoms with van der Waals surface area (Å²) in [6.45, 7) is 4.61. The van der Waals surface area contributed by atoms with Crippen LogP contribution in [0.4, 0.5) is 4.39 Å². The van der Waals surface area contributed by atoms with E-state index in [0.29, 0.717) is 11.0 Å². The minimum absolute atomic E-state index is 0.139. The molecule has 1 aromatic carbocycles. The molecule has 7 heteroatoms. The minimum Gasteiger partial charge on any atom is -0.383 e. The van der Waals surface area contributed by atoms with Gasteiger partial charge in [0, 0.05) is 24.7 Å². The van der Waals surface area contributed by atoms with Gasteiger partial charge in [-0.3, -0.25) is 0 Å².